The summed E-state index contributed by atoms with van der Waals surface area (Å²) in [5.41, 5.74) is 0. The van der Waals surface area contributed by atoms with Crippen molar-refractivity contribution < 1.29 is 9.53 Å². The van der Waals surface area contributed by atoms with Crippen molar-refractivity contribution in [3.05, 3.63) is 12.4 Å². The normalized spacial score (nSPS) is 22.4. The van der Waals surface area contributed by atoms with Crippen LogP contribution in [0.25, 0.3) is 0 Å². The quantitative estimate of drug-likeness (QED) is 0.837. The van der Waals surface area contributed by atoms with Gasteiger partial charge in [-0.15, -0.1) is 0 Å². The second kappa shape index (κ2) is 6.26. The molecule has 1 unspecified atom stereocenters. The van der Waals surface area contributed by atoms with E-state index in [9.17, 15) is 4.79 Å². The monoisotopic (exact) mass is 291 g/mol. The second-order valence-corrected chi connectivity index (χ2v) is 5.35. The smallest absolute Gasteiger partial charge is 0.245 e. The summed E-state index contributed by atoms with van der Waals surface area (Å²) in [5, 5.41) is 3.27. The van der Waals surface area contributed by atoms with Crippen molar-refractivity contribution in [3.63, 3.8) is 0 Å². The van der Waals surface area contributed by atoms with Gasteiger partial charge in [-0.2, -0.15) is 4.98 Å². The van der Waals surface area contributed by atoms with E-state index in [1.807, 2.05) is 4.90 Å². The standard InChI is InChI=1S/C14H21N5O2/c1-21-13-10-16-9-12(17-13)19-6-2-3-11(19)14(20)18-7-4-15-5-8-18/h9-11,15H,2-8H2,1H3. The van der Waals surface area contributed by atoms with E-state index in [4.69, 9.17) is 4.74 Å². The molecule has 114 valence electrons. The van der Waals surface area contributed by atoms with Gasteiger partial charge in [-0.25, -0.2) is 0 Å². The van der Waals surface area contributed by atoms with E-state index in [0.717, 1.165) is 51.4 Å². The van der Waals surface area contributed by atoms with Gasteiger partial charge in [-0.1, -0.05) is 0 Å². The molecule has 1 aromatic rings. The number of methoxy groups -OCH3 is 1. The van der Waals surface area contributed by atoms with E-state index in [1.54, 1.807) is 19.5 Å². The number of rotatable bonds is 3. The molecule has 2 aliphatic heterocycles. The molecule has 1 N–H and O–H groups in total. The Balaban J connectivity index is 1.76. The van der Waals surface area contributed by atoms with Crippen LogP contribution >= 0.6 is 0 Å². The van der Waals surface area contributed by atoms with Gasteiger partial charge in [0.2, 0.25) is 11.8 Å². The van der Waals surface area contributed by atoms with Crippen LogP contribution in [0.2, 0.25) is 0 Å². The van der Waals surface area contributed by atoms with Crippen molar-refractivity contribution in [2.75, 3.05) is 44.7 Å². The number of piperazine rings is 1. The van der Waals surface area contributed by atoms with E-state index in [1.165, 1.54) is 0 Å². The highest BCUT2D eigenvalue weighted by Gasteiger charge is 2.35. The van der Waals surface area contributed by atoms with Gasteiger partial charge >= 0.3 is 0 Å². The summed E-state index contributed by atoms with van der Waals surface area (Å²) in [7, 11) is 1.57. The molecule has 3 rings (SSSR count). The fraction of sp³-hybridized carbons (Fsp3) is 0.643. The van der Waals surface area contributed by atoms with Crippen molar-refractivity contribution in [3.8, 4) is 5.88 Å². The number of carbonyl (C=O) groups is 1. The molecule has 0 spiro atoms. The molecule has 7 heteroatoms. The zero-order chi connectivity index (χ0) is 14.7. The van der Waals surface area contributed by atoms with Crippen LogP contribution in [0, 0.1) is 0 Å². The number of ether oxygens (including phenoxy) is 1. The molecular formula is C14H21N5O2. The molecule has 1 amide bonds. The largest absolute Gasteiger partial charge is 0.480 e. The van der Waals surface area contributed by atoms with Crippen molar-refractivity contribution in [2.24, 2.45) is 0 Å². The van der Waals surface area contributed by atoms with Gasteiger partial charge < -0.3 is 19.9 Å². The van der Waals surface area contributed by atoms with E-state index in [0.29, 0.717) is 5.88 Å². The highest BCUT2D eigenvalue weighted by atomic mass is 16.5. The van der Waals surface area contributed by atoms with Gasteiger partial charge in [0.1, 0.15) is 6.04 Å². The van der Waals surface area contributed by atoms with Crippen LogP contribution in [0.1, 0.15) is 12.8 Å². The summed E-state index contributed by atoms with van der Waals surface area (Å²) in [4.78, 5) is 25.3. The summed E-state index contributed by atoms with van der Waals surface area (Å²) < 4.78 is 5.12. The molecule has 0 saturated carbocycles. The van der Waals surface area contributed by atoms with Crippen LogP contribution in [-0.4, -0.2) is 66.7 Å². The number of hydrogen-bond acceptors (Lipinski definition) is 6. The third kappa shape index (κ3) is 2.92. The van der Waals surface area contributed by atoms with E-state index < -0.39 is 0 Å². The average molecular weight is 291 g/mol. The van der Waals surface area contributed by atoms with E-state index in [-0.39, 0.29) is 11.9 Å². The summed E-state index contributed by atoms with van der Waals surface area (Å²) in [6.45, 7) is 4.15. The molecule has 0 radical (unpaired) electrons. The minimum Gasteiger partial charge on any atom is -0.480 e. The number of nitrogens with one attached hydrogen (secondary N) is 1. The molecule has 21 heavy (non-hydrogen) atoms. The predicted molar refractivity (Wildman–Crippen MR) is 78.4 cm³/mol. The minimum atomic E-state index is -0.121. The predicted octanol–water partition coefficient (Wildman–Crippen LogP) is -0.114. The molecule has 2 saturated heterocycles. The van der Waals surface area contributed by atoms with Crippen LogP contribution in [0.5, 0.6) is 5.88 Å². The summed E-state index contributed by atoms with van der Waals surface area (Å²) >= 11 is 0. The Morgan fingerprint density at radius 3 is 2.90 bits per heavy atom. The number of hydrogen-bond donors (Lipinski definition) is 1. The number of nitrogens with zero attached hydrogens (tertiary/aromatic N) is 4. The molecule has 3 heterocycles. The first-order valence-corrected chi connectivity index (χ1v) is 7.42. The Bertz CT molecular complexity index is 504. The lowest BCUT2D eigenvalue weighted by atomic mass is 10.1. The first-order valence-electron chi connectivity index (χ1n) is 7.42. The maximum atomic E-state index is 12.7. The van der Waals surface area contributed by atoms with Gasteiger partial charge in [-0.05, 0) is 12.8 Å². The summed E-state index contributed by atoms with van der Waals surface area (Å²) in [6, 6.07) is -0.121. The zero-order valence-electron chi connectivity index (χ0n) is 12.3. The average Bonchev–Trinajstić information content (AvgIpc) is 3.04. The van der Waals surface area contributed by atoms with Crippen molar-refractivity contribution >= 4 is 11.7 Å². The Hall–Kier alpha value is -1.89. The molecule has 0 aromatic carbocycles. The molecule has 0 aliphatic carbocycles. The van der Waals surface area contributed by atoms with Crippen LogP contribution in [-0.2, 0) is 4.79 Å². The number of amides is 1. The summed E-state index contributed by atoms with van der Waals surface area (Å²) in [5.74, 6) is 1.41. The van der Waals surface area contributed by atoms with Crippen LogP contribution in [0.15, 0.2) is 12.4 Å². The molecule has 7 nitrogen and oxygen atoms in total. The SMILES string of the molecule is COc1cncc(N2CCCC2C(=O)N2CCNCC2)n1. The molecule has 1 atom stereocenters. The Kier molecular flexibility index (Phi) is 4.19. The minimum absolute atomic E-state index is 0.121. The van der Waals surface area contributed by atoms with Crippen LogP contribution in [0.4, 0.5) is 5.82 Å². The van der Waals surface area contributed by atoms with Crippen LogP contribution < -0.4 is 15.0 Å². The van der Waals surface area contributed by atoms with Gasteiger partial charge in [-0.3, -0.25) is 9.78 Å². The summed E-state index contributed by atoms with van der Waals surface area (Å²) in [6.07, 6.45) is 5.15. The van der Waals surface area contributed by atoms with Gasteiger partial charge in [0.25, 0.3) is 0 Å². The fourth-order valence-electron chi connectivity index (χ4n) is 2.97. The first-order chi connectivity index (χ1) is 10.3. The third-order valence-corrected chi connectivity index (χ3v) is 4.07. The van der Waals surface area contributed by atoms with Crippen molar-refractivity contribution in [2.45, 2.75) is 18.9 Å². The maximum Gasteiger partial charge on any atom is 0.245 e. The molecule has 2 aliphatic rings. The maximum absolute atomic E-state index is 12.7. The highest BCUT2D eigenvalue weighted by Crippen LogP contribution is 2.26. The van der Waals surface area contributed by atoms with Crippen molar-refractivity contribution in [1.82, 2.24) is 20.2 Å². The Labute approximate surface area is 124 Å². The van der Waals surface area contributed by atoms with Gasteiger partial charge in [0.15, 0.2) is 5.82 Å². The fourth-order valence-corrected chi connectivity index (χ4v) is 2.97. The molecule has 1 aromatic heterocycles. The lowest BCUT2D eigenvalue weighted by molar-refractivity contribution is -0.133. The Morgan fingerprint density at radius 2 is 2.14 bits per heavy atom. The highest BCUT2D eigenvalue weighted by molar-refractivity contribution is 5.85. The number of anilines is 1. The Morgan fingerprint density at radius 1 is 1.33 bits per heavy atom. The number of aromatic nitrogens is 2. The zero-order valence-corrected chi connectivity index (χ0v) is 12.3. The van der Waals surface area contributed by atoms with Crippen LogP contribution in [0.3, 0.4) is 0 Å². The van der Waals surface area contributed by atoms with E-state index >= 15 is 0 Å². The number of carbonyl (C=O) groups excluding carboxylic acids is 1. The molecule has 0 bridgehead atoms. The topological polar surface area (TPSA) is 70.6 Å². The lowest BCUT2D eigenvalue weighted by Crippen LogP contribution is -2.52. The van der Waals surface area contributed by atoms with Crippen molar-refractivity contribution in [1.29, 1.82) is 0 Å². The van der Waals surface area contributed by atoms with E-state index in [2.05, 4.69) is 20.2 Å². The third-order valence-electron chi connectivity index (χ3n) is 4.07. The lowest BCUT2D eigenvalue weighted by Gasteiger charge is -2.33. The van der Waals surface area contributed by atoms with Gasteiger partial charge in [0, 0.05) is 32.7 Å². The second-order valence-electron chi connectivity index (χ2n) is 5.35. The first kappa shape index (κ1) is 14.1. The van der Waals surface area contributed by atoms with Gasteiger partial charge in [0.05, 0.1) is 19.5 Å². The molecular weight excluding hydrogens is 270 g/mol. The molecule has 2 fully saturated rings.